The van der Waals surface area contributed by atoms with E-state index >= 15 is 0 Å². The van der Waals surface area contributed by atoms with Crippen molar-refractivity contribution in [1.29, 1.82) is 0 Å². The number of hydrazine groups is 1. The Labute approximate surface area is 175 Å². The third kappa shape index (κ3) is 2.83. The number of carboxylic acids is 1. The molecule has 1 unspecified atom stereocenters. The van der Waals surface area contributed by atoms with Crippen LogP contribution in [0.25, 0.3) is 11.3 Å². The van der Waals surface area contributed by atoms with E-state index in [1.807, 2.05) is 36.4 Å². The Bertz CT molecular complexity index is 1110. The number of para-hydroxylation sites is 1. The first-order chi connectivity index (χ1) is 13.5. The van der Waals surface area contributed by atoms with Crippen LogP contribution in [0.3, 0.4) is 0 Å². The van der Waals surface area contributed by atoms with Gasteiger partial charge in [-0.1, -0.05) is 52.7 Å². The zero-order valence-corrected chi connectivity index (χ0v) is 16.9. The SMILES string of the molecule is O=C(O)C1Cc2ccccc2N1Nc1nc2c(s1)CCc1cc(Cl)c(Cl)cc1-2. The molecule has 0 fully saturated rings. The van der Waals surface area contributed by atoms with Crippen molar-refractivity contribution in [2.45, 2.75) is 25.3 Å². The highest BCUT2D eigenvalue weighted by molar-refractivity contribution is 7.16. The minimum absolute atomic E-state index is 0.459. The summed E-state index contributed by atoms with van der Waals surface area (Å²) in [6.45, 7) is 0. The molecule has 2 aliphatic rings. The van der Waals surface area contributed by atoms with Crippen LogP contribution in [0, 0.1) is 0 Å². The Morgan fingerprint density at radius 3 is 2.79 bits per heavy atom. The molecule has 0 saturated carbocycles. The molecule has 0 saturated heterocycles. The van der Waals surface area contributed by atoms with E-state index in [-0.39, 0.29) is 0 Å². The maximum Gasteiger partial charge on any atom is 0.328 e. The fourth-order valence-electron chi connectivity index (χ4n) is 3.87. The number of aromatic nitrogens is 1. The lowest BCUT2D eigenvalue weighted by Crippen LogP contribution is -2.42. The molecule has 5 nitrogen and oxygen atoms in total. The van der Waals surface area contributed by atoms with E-state index in [0.717, 1.165) is 45.8 Å². The maximum absolute atomic E-state index is 11.8. The normalized spacial score (nSPS) is 17.1. The topological polar surface area (TPSA) is 65.5 Å². The minimum Gasteiger partial charge on any atom is -0.480 e. The van der Waals surface area contributed by atoms with E-state index in [1.165, 1.54) is 0 Å². The highest BCUT2D eigenvalue weighted by atomic mass is 35.5. The zero-order valence-electron chi connectivity index (χ0n) is 14.6. The number of nitrogens with zero attached hydrogens (tertiary/aromatic N) is 2. The Morgan fingerprint density at radius 2 is 1.96 bits per heavy atom. The summed E-state index contributed by atoms with van der Waals surface area (Å²) in [5.41, 5.74) is 8.15. The standard InChI is InChI=1S/C20H15Cl2N3O2S/c21-13-7-10-5-6-17-18(12(10)9-14(13)22)23-20(28-17)24-25-15-4-2-1-3-11(15)8-16(25)19(26)27/h1-4,7,9,16H,5-6,8H2,(H,23,24)(H,26,27). The summed E-state index contributed by atoms with van der Waals surface area (Å²) in [7, 11) is 0. The van der Waals surface area contributed by atoms with Crippen molar-refractivity contribution in [3.8, 4) is 11.3 Å². The van der Waals surface area contributed by atoms with Crippen LogP contribution in [-0.2, 0) is 24.1 Å². The van der Waals surface area contributed by atoms with Gasteiger partial charge in [0, 0.05) is 16.9 Å². The van der Waals surface area contributed by atoms with Gasteiger partial charge in [-0.15, -0.1) is 0 Å². The molecule has 1 aliphatic carbocycles. The molecule has 0 amide bonds. The Hall–Kier alpha value is -2.28. The largest absolute Gasteiger partial charge is 0.480 e. The number of fused-ring (bicyclic) bond motifs is 4. The van der Waals surface area contributed by atoms with E-state index in [2.05, 4.69) is 5.43 Å². The van der Waals surface area contributed by atoms with Gasteiger partial charge in [0.2, 0.25) is 5.13 Å². The van der Waals surface area contributed by atoms with Crippen molar-refractivity contribution in [1.82, 2.24) is 4.98 Å². The number of carboxylic acid groups (broad SMARTS) is 1. The molecule has 0 spiro atoms. The van der Waals surface area contributed by atoms with Crippen molar-refractivity contribution in [2.24, 2.45) is 0 Å². The highest BCUT2D eigenvalue weighted by Crippen LogP contribution is 2.42. The summed E-state index contributed by atoms with van der Waals surface area (Å²) in [6, 6.07) is 10.8. The van der Waals surface area contributed by atoms with Crippen LogP contribution in [0.1, 0.15) is 16.0 Å². The lowest BCUT2D eigenvalue weighted by Gasteiger charge is -2.24. The average Bonchev–Trinajstić information content (AvgIpc) is 3.25. The quantitative estimate of drug-likeness (QED) is 0.606. The molecule has 142 valence electrons. The summed E-state index contributed by atoms with van der Waals surface area (Å²) >= 11 is 13.9. The van der Waals surface area contributed by atoms with Crippen molar-refractivity contribution < 1.29 is 9.90 Å². The summed E-state index contributed by atoms with van der Waals surface area (Å²) in [6.07, 6.45) is 2.21. The number of nitrogens with one attached hydrogen (secondary N) is 1. The summed E-state index contributed by atoms with van der Waals surface area (Å²) < 4.78 is 0. The van der Waals surface area contributed by atoms with E-state index in [4.69, 9.17) is 28.2 Å². The number of aliphatic carboxylic acids is 1. The molecular weight excluding hydrogens is 417 g/mol. The first kappa shape index (κ1) is 17.8. The zero-order chi connectivity index (χ0) is 19.4. The number of halogens is 2. The molecule has 1 aromatic heterocycles. The van der Waals surface area contributed by atoms with Crippen LogP contribution in [0.15, 0.2) is 36.4 Å². The number of anilines is 2. The minimum atomic E-state index is -0.864. The van der Waals surface area contributed by atoms with Crippen LogP contribution in [0.5, 0.6) is 0 Å². The van der Waals surface area contributed by atoms with Gasteiger partial charge in [0.1, 0.15) is 0 Å². The summed E-state index contributed by atoms with van der Waals surface area (Å²) in [5.74, 6) is -0.864. The van der Waals surface area contributed by atoms with Crippen molar-refractivity contribution in [3.05, 3.63) is 62.4 Å². The van der Waals surface area contributed by atoms with E-state index in [9.17, 15) is 9.90 Å². The van der Waals surface area contributed by atoms with E-state index in [1.54, 1.807) is 16.3 Å². The molecule has 2 aromatic carbocycles. The lowest BCUT2D eigenvalue weighted by atomic mass is 9.93. The molecule has 0 radical (unpaired) electrons. The number of carbonyl (C=O) groups is 1. The monoisotopic (exact) mass is 431 g/mol. The van der Waals surface area contributed by atoms with Crippen LogP contribution in [0.2, 0.25) is 10.0 Å². The van der Waals surface area contributed by atoms with Gasteiger partial charge in [-0.3, -0.25) is 10.4 Å². The number of aryl methyl sites for hydroxylation is 2. The molecule has 2 heterocycles. The third-order valence-electron chi connectivity index (χ3n) is 5.20. The van der Waals surface area contributed by atoms with Gasteiger partial charge in [0.05, 0.1) is 21.4 Å². The molecule has 28 heavy (non-hydrogen) atoms. The van der Waals surface area contributed by atoms with Crippen molar-refractivity contribution >= 4 is 51.3 Å². The Morgan fingerprint density at radius 1 is 1.18 bits per heavy atom. The summed E-state index contributed by atoms with van der Waals surface area (Å²) in [5, 5.41) is 13.1. The first-order valence-electron chi connectivity index (χ1n) is 8.86. The molecule has 1 atom stereocenters. The van der Waals surface area contributed by atoms with Crippen LogP contribution in [-0.4, -0.2) is 22.1 Å². The first-order valence-corrected chi connectivity index (χ1v) is 10.4. The molecular formula is C20H15Cl2N3O2S. The second kappa shape index (κ2) is 6.65. The predicted octanol–water partition coefficient (Wildman–Crippen LogP) is 5.06. The van der Waals surface area contributed by atoms with E-state index < -0.39 is 12.0 Å². The fourth-order valence-corrected chi connectivity index (χ4v) is 5.19. The van der Waals surface area contributed by atoms with Gasteiger partial charge in [-0.05, 0) is 42.2 Å². The Balaban J connectivity index is 1.51. The second-order valence-electron chi connectivity index (χ2n) is 6.88. The highest BCUT2D eigenvalue weighted by Gasteiger charge is 2.35. The smallest absolute Gasteiger partial charge is 0.328 e. The Kier molecular flexibility index (Phi) is 4.23. The van der Waals surface area contributed by atoms with Crippen molar-refractivity contribution in [2.75, 3.05) is 10.4 Å². The van der Waals surface area contributed by atoms with Crippen LogP contribution < -0.4 is 10.4 Å². The molecule has 1 aliphatic heterocycles. The number of rotatable bonds is 3. The van der Waals surface area contributed by atoms with E-state index in [0.29, 0.717) is 21.6 Å². The molecule has 2 N–H and O–H groups in total. The molecule has 5 rings (SSSR count). The average molecular weight is 432 g/mol. The lowest BCUT2D eigenvalue weighted by molar-refractivity contribution is -0.138. The number of hydrogen-bond acceptors (Lipinski definition) is 5. The molecule has 3 aromatic rings. The summed E-state index contributed by atoms with van der Waals surface area (Å²) in [4.78, 5) is 17.7. The molecule has 0 bridgehead atoms. The van der Waals surface area contributed by atoms with Gasteiger partial charge in [-0.2, -0.15) is 0 Å². The predicted molar refractivity (Wildman–Crippen MR) is 113 cm³/mol. The van der Waals surface area contributed by atoms with Gasteiger partial charge >= 0.3 is 5.97 Å². The molecule has 8 heteroatoms. The van der Waals surface area contributed by atoms with Gasteiger partial charge in [0.25, 0.3) is 0 Å². The maximum atomic E-state index is 11.8. The van der Waals surface area contributed by atoms with Gasteiger partial charge < -0.3 is 5.11 Å². The van der Waals surface area contributed by atoms with Gasteiger partial charge in [-0.25, -0.2) is 9.78 Å². The second-order valence-corrected chi connectivity index (χ2v) is 8.78. The van der Waals surface area contributed by atoms with Gasteiger partial charge in [0.15, 0.2) is 6.04 Å². The third-order valence-corrected chi connectivity index (χ3v) is 6.94. The fraction of sp³-hybridized carbons (Fsp3) is 0.200. The number of benzene rings is 2. The number of hydrogen-bond donors (Lipinski definition) is 2. The van der Waals surface area contributed by atoms with Crippen LogP contribution >= 0.6 is 34.5 Å². The number of thiazole rings is 1. The van der Waals surface area contributed by atoms with Crippen molar-refractivity contribution in [3.63, 3.8) is 0 Å². The van der Waals surface area contributed by atoms with Crippen LogP contribution in [0.4, 0.5) is 10.8 Å².